The average molecular weight is 193 g/mol. The largest absolute Gasteiger partial charge is 0.322 e. The molecule has 0 saturated carbocycles. The number of fused-ring (bicyclic) bond motifs is 1. The van der Waals surface area contributed by atoms with Gasteiger partial charge >= 0.3 is 0 Å². The number of H-pyrrole nitrogens is 1. The summed E-state index contributed by atoms with van der Waals surface area (Å²) < 4.78 is 0. The molecule has 1 aliphatic carbocycles. The number of rotatable bonds is 2. The van der Waals surface area contributed by atoms with Gasteiger partial charge in [0.2, 0.25) is 0 Å². The predicted octanol–water partition coefficient (Wildman–Crippen LogP) is 1.94. The average Bonchev–Trinajstić information content (AvgIpc) is 2.60. The molecule has 0 fully saturated rings. The lowest BCUT2D eigenvalue weighted by Gasteiger charge is -2.17. The van der Waals surface area contributed by atoms with Crippen molar-refractivity contribution < 1.29 is 0 Å². The highest BCUT2D eigenvalue weighted by Crippen LogP contribution is 2.27. The van der Waals surface area contributed by atoms with Gasteiger partial charge in [-0.2, -0.15) is 5.10 Å². The normalized spacial score (nSPS) is 18.3. The third kappa shape index (κ3) is 1.57. The van der Waals surface area contributed by atoms with Gasteiger partial charge in [-0.05, 0) is 37.2 Å². The van der Waals surface area contributed by atoms with E-state index in [0.717, 1.165) is 18.5 Å². The molecule has 0 aliphatic heterocycles. The van der Waals surface area contributed by atoms with E-state index in [9.17, 15) is 0 Å². The van der Waals surface area contributed by atoms with Gasteiger partial charge in [0, 0.05) is 5.69 Å². The maximum Gasteiger partial charge on any atom is 0.0826 e. The standard InChI is InChI=1S/C11H19N3/c1-7(2)10(12)11-8-5-3-4-6-9(8)13-14-11/h7,10H,3-6,12H2,1-2H3,(H,13,14). The van der Waals surface area contributed by atoms with Crippen molar-refractivity contribution in [3.05, 3.63) is 17.0 Å². The molecule has 3 N–H and O–H groups in total. The van der Waals surface area contributed by atoms with Crippen molar-refractivity contribution in [1.29, 1.82) is 0 Å². The van der Waals surface area contributed by atoms with E-state index in [2.05, 4.69) is 24.0 Å². The molecule has 2 rings (SSSR count). The molecule has 78 valence electrons. The molecule has 0 spiro atoms. The number of hydrogen-bond donors (Lipinski definition) is 2. The van der Waals surface area contributed by atoms with Gasteiger partial charge < -0.3 is 5.73 Å². The van der Waals surface area contributed by atoms with Gasteiger partial charge in [0.05, 0.1) is 11.7 Å². The van der Waals surface area contributed by atoms with E-state index in [1.54, 1.807) is 0 Å². The summed E-state index contributed by atoms with van der Waals surface area (Å²) in [6.07, 6.45) is 4.87. The molecule has 1 unspecified atom stereocenters. The van der Waals surface area contributed by atoms with Crippen molar-refractivity contribution in [2.45, 2.75) is 45.6 Å². The van der Waals surface area contributed by atoms with Crippen molar-refractivity contribution >= 4 is 0 Å². The van der Waals surface area contributed by atoms with E-state index in [4.69, 9.17) is 5.73 Å². The number of aromatic nitrogens is 2. The minimum absolute atomic E-state index is 0.0908. The molecule has 1 aromatic heterocycles. The second kappa shape index (κ2) is 3.73. The molecule has 0 bridgehead atoms. The van der Waals surface area contributed by atoms with Crippen molar-refractivity contribution in [3.8, 4) is 0 Å². The summed E-state index contributed by atoms with van der Waals surface area (Å²) in [5, 5.41) is 7.50. The van der Waals surface area contributed by atoms with Crippen LogP contribution in [-0.4, -0.2) is 10.2 Å². The van der Waals surface area contributed by atoms with Crippen LogP contribution in [0.15, 0.2) is 0 Å². The topological polar surface area (TPSA) is 54.7 Å². The van der Waals surface area contributed by atoms with Gasteiger partial charge in [0.1, 0.15) is 0 Å². The second-order valence-corrected chi connectivity index (χ2v) is 4.54. The molecule has 14 heavy (non-hydrogen) atoms. The first kappa shape index (κ1) is 9.71. The van der Waals surface area contributed by atoms with Gasteiger partial charge in [0.25, 0.3) is 0 Å². The summed E-state index contributed by atoms with van der Waals surface area (Å²) in [6, 6.07) is 0.0908. The molecule has 0 radical (unpaired) electrons. The summed E-state index contributed by atoms with van der Waals surface area (Å²) in [4.78, 5) is 0. The van der Waals surface area contributed by atoms with Crippen LogP contribution >= 0.6 is 0 Å². The number of nitrogens with two attached hydrogens (primary N) is 1. The highest BCUT2D eigenvalue weighted by atomic mass is 15.1. The SMILES string of the molecule is CC(C)C(N)c1n[nH]c2c1CCCC2. The van der Waals surface area contributed by atoms with E-state index < -0.39 is 0 Å². The zero-order valence-electron chi connectivity index (χ0n) is 9.01. The van der Waals surface area contributed by atoms with Crippen molar-refractivity contribution in [2.75, 3.05) is 0 Å². The Kier molecular flexibility index (Phi) is 2.59. The van der Waals surface area contributed by atoms with Crippen LogP contribution in [0.25, 0.3) is 0 Å². The summed E-state index contributed by atoms with van der Waals surface area (Å²) in [6.45, 7) is 4.29. The van der Waals surface area contributed by atoms with Gasteiger partial charge in [0.15, 0.2) is 0 Å². The molecular weight excluding hydrogens is 174 g/mol. The Morgan fingerprint density at radius 2 is 2.00 bits per heavy atom. The molecule has 1 atom stereocenters. The maximum absolute atomic E-state index is 6.12. The van der Waals surface area contributed by atoms with Crippen LogP contribution in [-0.2, 0) is 12.8 Å². The molecule has 1 heterocycles. The molecular formula is C11H19N3. The van der Waals surface area contributed by atoms with Crippen LogP contribution in [0.3, 0.4) is 0 Å². The third-order valence-corrected chi connectivity index (χ3v) is 3.12. The van der Waals surface area contributed by atoms with Crippen molar-refractivity contribution in [1.82, 2.24) is 10.2 Å². The summed E-state index contributed by atoms with van der Waals surface area (Å²) >= 11 is 0. The van der Waals surface area contributed by atoms with Crippen LogP contribution in [0.4, 0.5) is 0 Å². The molecule has 0 amide bonds. The molecule has 0 saturated heterocycles. The van der Waals surface area contributed by atoms with Crippen molar-refractivity contribution in [3.63, 3.8) is 0 Å². The Labute approximate surface area is 85.1 Å². The van der Waals surface area contributed by atoms with E-state index in [-0.39, 0.29) is 6.04 Å². The summed E-state index contributed by atoms with van der Waals surface area (Å²) in [7, 11) is 0. The van der Waals surface area contributed by atoms with E-state index in [0.29, 0.717) is 5.92 Å². The Hall–Kier alpha value is -0.830. The van der Waals surface area contributed by atoms with Gasteiger partial charge in [-0.3, -0.25) is 5.10 Å². The number of nitrogens with one attached hydrogen (secondary N) is 1. The van der Waals surface area contributed by atoms with E-state index in [1.165, 1.54) is 24.1 Å². The predicted molar refractivity (Wildman–Crippen MR) is 57.0 cm³/mol. The Morgan fingerprint density at radius 1 is 1.29 bits per heavy atom. The third-order valence-electron chi connectivity index (χ3n) is 3.12. The number of aryl methyl sites for hydroxylation is 1. The lowest BCUT2D eigenvalue weighted by atomic mass is 9.91. The Bertz CT molecular complexity index is 314. The fourth-order valence-corrected chi connectivity index (χ4v) is 2.10. The minimum atomic E-state index is 0.0908. The fourth-order valence-electron chi connectivity index (χ4n) is 2.10. The van der Waals surface area contributed by atoms with E-state index in [1.807, 2.05) is 0 Å². The first-order valence-corrected chi connectivity index (χ1v) is 5.51. The van der Waals surface area contributed by atoms with Gasteiger partial charge in [-0.15, -0.1) is 0 Å². The lowest BCUT2D eigenvalue weighted by Crippen LogP contribution is -2.19. The zero-order valence-corrected chi connectivity index (χ0v) is 9.01. The van der Waals surface area contributed by atoms with E-state index >= 15 is 0 Å². The Balaban J connectivity index is 2.30. The highest BCUT2D eigenvalue weighted by Gasteiger charge is 2.22. The number of aromatic amines is 1. The molecule has 1 aliphatic rings. The first-order valence-electron chi connectivity index (χ1n) is 5.51. The monoisotopic (exact) mass is 193 g/mol. The van der Waals surface area contributed by atoms with Gasteiger partial charge in [-0.1, -0.05) is 13.8 Å². The summed E-state index contributed by atoms with van der Waals surface area (Å²) in [5.41, 5.74) is 9.95. The smallest absolute Gasteiger partial charge is 0.0826 e. The van der Waals surface area contributed by atoms with Crippen molar-refractivity contribution in [2.24, 2.45) is 11.7 Å². The number of nitrogens with zero attached hydrogens (tertiary/aromatic N) is 1. The van der Waals surface area contributed by atoms with Crippen LogP contribution in [0, 0.1) is 5.92 Å². The lowest BCUT2D eigenvalue weighted by molar-refractivity contribution is 0.497. The molecule has 3 heteroatoms. The van der Waals surface area contributed by atoms with Gasteiger partial charge in [-0.25, -0.2) is 0 Å². The van der Waals surface area contributed by atoms with Crippen LogP contribution in [0.5, 0.6) is 0 Å². The molecule has 3 nitrogen and oxygen atoms in total. The van der Waals surface area contributed by atoms with Crippen LogP contribution in [0.1, 0.15) is 49.7 Å². The minimum Gasteiger partial charge on any atom is -0.322 e. The fraction of sp³-hybridized carbons (Fsp3) is 0.727. The second-order valence-electron chi connectivity index (χ2n) is 4.54. The highest BCUT2D eigenvalue weighted by molar-refractivity contribution is 5.29. The first-order chi connectivity index (χ1) is 6.70. The maximum atomic E-state index is 6.12. The summed E-state index contributed by atoms with van der Waals surface area (Å²) in [5.74, 6) is 0.462. The van der Waals surface area contributed by atoms with Crippen LogP contribution < -0.4 is 5.73 Å². The molecule has 0 aromatic carbocycles. The quantitative estimate of drug-likeness (QED) is 0.754. The van der Waals surface area contributed by atoms with Crippen LogP contribution in [0.2, 0.25) is 0 Å². The number of hydrogen-bond acceptors (Lipinski definition) is 2. The Morgan fingerprint density at radius 3 is 2.71 bits per heavy atom. The molecule has 1 aromatic rings. The zero-order chi connectivity index (χ0) is 10.1.